The molecule has 11 N–H and O–H groups in total. The first kappa shape index (κ1) is 39.7. The summed E-state index contributed by atoms with van der Waals surface area (Å²) < 4.78 is 0. The average Bonchev–Trinajstić information content (AvgIpc) is 3.45. The number of carbonyl (C=O) groups excluding carboxylic acids is 4. The number of aromatic nitrogens is 1. The number of aromatic hydroxyl groups is 1. The van der Waals surface area contributed by atoms with Crippen LogP contribution in [0.2, 0.25) is 0 Å². The van der Waals surface area contributed by atoms with Gasteiger partial charge in [0.25, 0.3) is 0 Å². The molecular formula is C38H55N7O5. The molecule has 50 heavy (non-hydrogen) atoms. The third kappa shape index (κ3) is 12.0. The molecule has 0 aliphatic heterocycles. The van der Waals surface area contributed by atoms with E-state index in [0.29, 0.717) is 31.7 Å². The molecule has 0 aliphatic carbocycles. The van der Waals surface area contributed by atoms with Crippen molar-refractivity contribution in [3.63, 3.8) is 0 Å². The van der Waals surface area contributed by atoms with Crippen LogP contribution in [-0.4, -0.2) is 58.1 Å². The number of aryl methyl sites for hydroxylation is 2. The van der Waals surface area contributed by atoms with Gasteiger partial charge in [0.1, 0.15) is 11.5 Å². The number of carbonyl (C=O) groups is 4. The number of phenolic OH excluding ortho intramolecular Hbond substituents is 1. The molecule has 0 spiro atoms. The second kappa shape index (κ2) is 18.9. The first-order valence-corrected chi connectivity index (χ1v) is 17.5. The number of hydrogen-bond donors (Lipinski definition) is 7. The Morgan fingerprint density at radius 1 is 0.880 bits per heavy atom. The van der Waals surface area contributed by atoms with Crippen molar-refractivity contribution in [2.75, 3.05) is 6.54 Å². The molecule has 272 valence electrons. The van der Waals surface area contributed by atoms with E-state index in [4.69, 9.17) is 22.9 Å². The van der Waals surface area contributed by atoms with Crippen molar-refractivity contribution >= 4 is 40.2 Å². The number of amides is 2. The van der Waals surface area contributed by atoms with Crippen LogP contribution in [0, 0.1) is 31.6 Å². The minimum atomic E-state index is -0.985. The molecule has 2 amide bonds. The zero-order valence-electron chi connectivity index (χ0n) is 29.8. The maximum Gasteiger partial charge on any atom is 0.224 e. The van der Waals surface area contributed by atoms with Crippen LogP contribution in [0.4, 0.5) is 0 Å². The number of H-pyrrole nitrogens is 1. The molecule has 4 atom stereocenters. The number of Topliss-reactive ketones (excluding diaryl/α,β-unsaturated/α-hetero) is 2. The molecule has 0 saturated heterocycles. The molecule has 1 aromatic heterocycles. The van der Waals surface area contributed by atoms with Gasteiger partial charge in [-0.05, 0) is 85.9 Å². The van der Waals surface area contributed by atoms with Gasteiger partial charge in [-0.3, -0.25) is 24.2 Å². The zero-order valence-corrected chi connectivity index (χ0v) is 29.8. The molecule has 0 unspecified atom stereocenters. The molecule has 12 heteroatoms. The van der Waals surface area contributed by atoms with E-state index in [1.54, 1.807) is 12.1 Å². The fourth-order valence-corrected chi connectivity index (χ4v) is 6.43. The van der Waals surface area contributed by atoms with Gasteiger partial charge in [-0.2, -0.15) is 0 Å². The van der Waals surface area contributed by atoms with Crippen molar-refractivity contribution in [2.45, 2.75) is 97.6 Å². The molecule has 3 rings (SSSR count). The number of para-hydroxylation sites is 1. The Kier molecular flexibility index (Phi) is 15.0. The molecule has 1 heterocycles. The van der Waals surface area contributed by atoms with E-state index < -0.39 is 35.7 Å². The third-order valence-corrected chi connectivity index (χ3v) is 9.32. The van der Waals surface area contributed by atoms with Crippen LogP contribution in [0.25, 0.3) is 10.9 Å². The predicted molar refractivity (Wildman–Crippen MR) is 197 cm³/mol. The van der Waals surface area contributed by atoms with Crippen LogP contribution in [0.3, 0.4) is 0 Å². The van der Waals surface area contributed by atoms with Crippen LogP contribution in [0.5, 0.6) is 5.75 Å². The lowest BCUT2D eigenvalue weighted by molar-refractivity contribution is -0.133. The Morgan fingerprint density at radius 3 is 2.18 bits per heavy atom. The van der Waals surface area contributed by atoms with E-state index >= 15 is 0 Å². The molecule has 2 aromatic carbocycles. The second-order valence-electron chi connectivity index (χ2n) is 13.9. The number of nitrogens with one attached hydrogen (secondary N) is 2. The Balaban J connectivity index is 1.92. The van der Waals surface area contributed by atoms with E-state index in [1.807, 2.05) is 44.3 Å². The van der Waals surface area contributed by atoms with E-state index in [2.05, 4.69) is 29.1 Å². The molecule has 0 aliphatic rings. The van der Waals surface area contributed by atoms with Gasteiger partial charge in [0.2, 0.25) is 11.8 Å². The van der Waals surface area contributed by atoms with Gasteiger partial charge in [0.15, 0.2) is 11.7 Å². The van der Waals surface area contributed by atoms with Crippen LogP contribution in [-0.2, 0) is 32.0 Å². The number of hydrogen-bond acceptors (Lipinski definition) is 7. The maximum absolute atomic E-state index is 14.3. The van der Waals surface area contributed by atoms with Gasteiger partial charge in [0, 0.05) is 54.7 Å². The van der Waals surface area contributed by atoms with E-state index in [1.165, 1.54) is 0 Å². The van der Waals surface area contributed by atoms with Crippen molar-refractivity contribution in [3.05, 3.63) is 64.8 Å². The molecule has 3 aromatic rings. The van der Waals surface area contributed by atoms with E-state index in [0.717, 1.165) is 46.0 Å². The first-order chi connectivity index (χ1) is 23.7. The van der Waals surface area contributed by atoms with E-state index in [-0.39, 0.29) is 49.0 Å². The number of rotatable bonds is 21. The largest absolute Gasteiger partial charge is 0.508 e. The lowest BCUT2D eigenvalue weighted by Gasteiger charge is -2.25. The Labute approximate surface area is 294 Å². The third-order valence-electron chi connectivity index (χ3n) is 9.32. The average molecular weight is 690 g/mol. The quantitative estimate of drug-likeness (QED) is 0.0495. The molecule has 0 bridgehead atoms. The number of guanidine groups is 1. The highest BCUT2D eigenvalue weighted by Gasteiger charge is 2.32. The number of benzene rings is 2. The Bertz CT molecular complexity index is 1640. The highest BCUT2D eigenvalue weighted by atomic mass is 16.3. The van der Waals surface area contributed by atoms with Gasteiger partial charge in [0.05, 0.1) is 12.1 Å². The number of fused-ring (bicyclic) bond motifs is 1. The normalized spacial score (nSPS) is 13.8. The summed E-state index contributed by atoms with van der Waals surface area (Å²) in [6.45, 7) is 8.18. The van der Waals surface area contributed by atoms with Crippen molar-refractivity contribution in [3.8, 4) is 5.75 Å². The Morgan fingerprint density at radius 2 is 1.54 bits per heavy atom. The van der Waals surface area contributed by atoms with Crippen molar-refractivity contribution in [1.29, 1.82) is 0 Å². The van der Waals surface area contributed by atoms with Crippen molar-refractivity contribution in [1.82, 2.24) is 10.3 Å². The number of aliphatic imine (C=N–C) groups is 1. The summed E-state index contributed by atoms with van der Waals surface area (Å²) >= 11 is 0. The summed E-state index contributed by atoms with van der Waals surface area (Å²) in [6.07, 6.45) is 4.84. The van der Waals surface area contributed by atoms with Crippen LogP contribution >= 0.6 is 0 Å². The molecule has 0 radical (unpaired) electrons. The predicted octanol–water partition coefficient (Wildman–Crippen LogP) is 3.60. The van der Waals surface area contributed by atoms with Crippen LogP contribution < -0.4 is 28.3 Å². The highest BCUT2D eigenvalue weighted by molar-refractivity contribution is 5.95. The minimum absolute atomic E-state index is 0.0456. The summed E-state index contributed by atoms with van der Waals surface area (Å²) in [6, 6.07) is 9.07. The molecular weight excluding hydrogens is 634 g/mol. The summed E-state index contributed by atoms with van der Waals surface area (Å²) in [5.74, 6) is -2.68. The van der Waals surface area contributed by atoms with Gasteiger partial charge in [-0.25, -0.2) is 0 Å². The Hall–Kier alpha value is -4.71. The zero-order chi connectivity index (χ0) is 37.0. The number of ketones is 2. The smallest absolute Gasteiger partial charge is 0.224 e. The molecule has 0 saturated carbocycles. The number of aromatic amines is 1. The van der Waals surface area contributed by atoms with Gasteiger partial charge in [-0.1, -0.05) is 44.9 Å². The number of nitrogens with zero attached hydrogens (tertiary/aromatic N) is 1. The number of phenols is 1. The fraction of sp³-hybridized carbons (Fsp3) is 0.500. The molecule has 0 fully saturated rings. The topological polar surface area (TPSA) is 233 Å². The van der Waals surface area contributed by atoms with Gasteiger partial charge >= 0.3 is 0 Å². The minimum Gasteiger partial charge on any atom is -0.508 e. The maximum atomic E-state index is 14.3. The lowest BCUT2D eigenvalue weighted by atomic mass is 9.86. The summed E-state index contributed by atoms with van der Waals surface area (Å²) in [4.78, 5) is 61.3. The summed E-state index contributed by atoms with van der Waals surface area (Å²) in [7, 11) is 0. The van der Waals surface area contributed by atoms with Crippen LogP contribution in [0.1, 0.15) is 81.0 Å². The van der Waals surface area contributed by atoms with Gasteiger partial charge < -0.3 is 38.3 Å². The van der Waals surface area contributed by atoms with Crippen molar-refractivity contribution in [2.24, 2.45) is 45.7 Å². The summed E-state index contributed by atoms with van der Waals surface area (Å²) in [5, 5.41) is 14.0. The number of primary amides is 1. The monoisotopic (exact) mass is 689 g/mol. The standard InChI is InChI=1S/C38H55N7O5/c1-22(2)9-7-10-25(36(40)49)19-35(48)33(18-27-21-44-32-13-6-5-11-29(27)32)45-37(50)26(17-30-23(3)15-28(46)16-24(30)4)20-34(47)31(39)12-8-14-43-38(41)42/h5-6,11,13,15-16,21-22,25-26,31,33,44,46H,7-10,12,14,17-20,39H2,1-4H3,(H2,40,49)(H,45,50)(H4,41,42,43)/t25-,26-,31-,33+/m1/s1. The second-order valence-corrected chi connectivity index (χ2v) is 13.9. The SMILES string of the molecule is Cc1cc(O)cc(C)c1C[C@H](CC(=O)[C@H](N)CCCN=C(N)N)C(=O)N[C@@H](Cc1c[nH]c2ccccc12)C(=O)C[C@@H](CCCC(C)C)C(N)=O. The van der Waals surface area contributed by atoms with Crippen molar-refractivity contribution < 1.29 is 24.3 Å². The first-order valence-electron chi connectivity index (χ1n) is 17.5. The fourth-order valence-electron chi connectivity index (χ4n) is 6.43. The summed E-state index contributed by atoms with van der Waals surface area (Å²) in [5.41, 5.74) is 26.9. The number of nitrogens with two attached hydrogens (primary N) is 4. The lowest BCUT2D eigenvalue weighted by Crippen LogP contribution is -2.47. The molecule has 12 nitrogen and oxygen atoms in total. The van der Waals surface area contributed by atoms with Gasteiger partial charge in [-0.15, -0.1) is 0 Å². The van der Waals surface area contributed by atoms with Crippen LogP contribution in [0.15, 0.2) is 47.6 Å². The van der Waals surface area contributed by atoms with E-state index in [9.17, 15) is 24.3 Å². The highest BCUT2D eigenvalue weighted by Crippen LogP contribution is 2.27.